The molecule has 0 unspecified atom stereocenters. The first kappa shape index (κ1) is 19.7. The fourth-order valence-corrected chi connectivity index (χ4v) is 3.00. The zero-order chi connectivity index (χ0) is 18.1. The second-order valence-electron chi connectivity index (χ2n) is 6.97. The van der Waals surface area contributed by atoms with Gasteiger partial charge in [-0.05, 0) is 32.7 Å². The van der Waals surface area contributed by atoms with Crippen molar-refractivity contribution in [3.8, 4) is 0 Å². The maximum Gasteiger partial charge on any atom is 0.228 e. The number of hydrogen-bond acceptors (Lipinski definition) is 5. The van der Waals surface area contributed by atoms with Gasteiger partial charge in [0.25, 0.3) is 0 Å². The van der Waals surface area contributed by atoms with Crippen molar-refractivity contribution in [2.45, 2.75) is 65.3 Å². The highest BCUT2D eigenvalue weighted by molar-refractivity contribution is 5.80. The molecule has 0 aliphatic carbocycles. The maximum absolute atomic E-state index is 5.28. The predicted molar refractivity (Wildman–Crippen MR) is 101 cm³/mol. The van der Waals surface area contributed by atoms with Crippen molar-refractivity contribution in [1.29, 1.82) is 0 Å². The smallest absolute Gasteiger partial charge is 0.228 e. The first-order chi connectivity index (χ1) is 12.1. The molecule has 0 amide bonds. The normalized spacial score (nSPS) is 17.2. The highest BCUT2D eigenvalue weighted by Crippen LogP contribution is 2.11. The number of nitrogens with zero attached hydrogens (tertiary/aromatic N) is 4. The van der Waals surface area contributed by atoms with Crippen LogP contribution in [0.4, 0.5) is 0 Å². The van der Waals surface area contributed by atoms with Crippen molar-refractivity contribution in [2.24, 2.45) is 4.99 Å². The van der Waals surface area contributed by atoms with E-state index in [2.05, 4.69) is 58.4 Å². The van der Waals surface area contributed by atoms with Gasteiger partial charge < -0.3 is 20.1 Å². The minimum atomic E-state index is 0.290. The molecule has 0 atom stereocenters. The number of nitrogens with one attached hydrogen (secondary N) is 2. The van der Waals surface area contributed by atoms with Gasteiger partial charge in [0, 0.05) is 38.0 Å². The van der Waals surface area contributed by atoms with Crippen molar-refractivity contribution in [1.82, 2.24) is 25.7 Å². The Kier molecular flexibility index (Phi) is 8.18. The minimum absolute atomic E-state index is 0.290. The summed E-state index contributed by atoms with van der Waals surface area (Å²) in [6.45, 7) is 13.5. The van der Waals surface area contributed by atoms with E-state index >= 15 is 0 Å². The van der Waals surface area contributed by atoms with Crippen molar-refractivity contribution in [2.75, 3.05) is 32.7 Å². The van der Waals surface area contributed by atoms with Crippen LogP contribution in [-0.2, 0) is 6.42 Å². The van der Waals surface area contributed by atoms with Crippen LogP contribution in [0.15, 0.2) is 9.52 Å². The summed E-state index contributed by atoms with van der Waals surface area (Å²) in [5.74, 6) is 2.61. The summed E-state index contributed by atoms with van der Waals surface area (Å²) < 4.78 is 5.28. The predicted octanol–water partition coefficient (Wildman–Crippen LogP) is 2.16. The number of guanidine groups is 1. The summed E-state index contributed by atoms with van der Waals surface area (Å²) in [6.07, 6.45) is 4.25. The number of aliphatic imine (C=N–C) groups is 1. The van der Waals surface area contributed by atoms with Gasteiger partial charge in [-0.1, -0.05) is 25.9 Å². The Morgan fingerprint density at radius 3 is 2.68 bits per heavy atom. The molecule has 25 heavy (non-hydrogen) atoms. The van der Waals surface area contributed by atoms with Crippen molar-refractivity contribution in [3.05, 3.63) is 11.7 Å². The van der Waals surface area contributed by atoms with Crippen LogP contribution in [0.5, 0.6) is 0 Å². The molecule has 0 saturated carbocycles. The summed E-state index contributed by atoms with van der Waals surface area (Å²) >= 11 is 0. The van der Waals surface area contributed by atoms with Gasteiger partial charge >= 0.3 is 0 Å². The second-order valence-corrected chi connectivity index (χ2v) is 6.97. The Morgan fingerprint density at radius 2 is 2.08 bits per heavy atom. The van der Waals surface area contributed by atoms with Gasteiger partial charge in [-0.25, -0.2) is 0 Å². The molecule has 1 fully saturated rings. The van der Waals surface area contributed by atoms with Crippen LogP contribution < -0.4 is 10.6 Å². The van der Waals surface area contributed by atoms with Gasteiger partial charge in [0.1, 0.15) is 0 Å². The fourth-order valence-electron chi connectivity index (χ4n) is 3.00. The number of hydrogen-bond donors (Lipinski definition) is 2. The summed E-state index contributed by atoms with van der Waals surface area (Å²) in [6, 6.07) is 0.502. The number of rotatable bonds is 8. The van der Waals surface area contributed by atoms with Crippen LogP contribution in [0.1, 0.15) is 64.6 Å². The van der Waals surface area contributed by atoms with Gasteiger partial charge in [-0.2, -0.15) is 4.98 Å². The van der Waals surface area contributed by atoms with E-state index in [0.29, 0.717) is 30.8 Å². The highest BCUT2D eigenvalue weighted by Gasteiger charge is 2.19. The molecule has 0 radical (unpaired) electrons. The number of aromatic nitrogens is 2. The maximum atomic E-state index is 5.28. The molecule has 2 N–H and O–H groups in total. The summed E-state index contributed by atoms with van der Waals surface area (Å²) in [4.78, 5) is 11.6. The van der Waals surface area contributed by atoms with Gasteiger partial charge in [0.05, 0.1) is 6.54 Å². The molecule has 1 aromatic rings. The third-order valence-corrected chi connectivity index (χ3v) is 4.41. The average molecular weight is 351 g/mol. The third kappa shape index (κ3) is 6.65. The molecular weight excluding hydrogens is 316 g/mol. The lowest BCUT2D eigenvalue weighted by Crippen LogP contribution is -2.48. The monoisotopic (exact) mass is 350 g/mol. The number of piperidine rings is 1. The van der Waals surface area contributed by atoms with Crippen LogP contribution in [0, 0.1) is 0 Å². The SMILES string of the molecule is CCCN1CCC(NC(=NCCc2nc(C(C)C)no2)NCC)CC1. The van der Waals surface area contributed by atoms with E-state index in [1.54, 1.807) is 0 Å². The van der Waals surface area contributed by atoms with Gasteiger partial charge in [0.15, 0.2) is 11.8 Å². The molecule has 0 bridgehead atoms. The van der Waals surface area contributed by atoms with Gasteiger partial charge in [0.2, 0.25) is 5.89 Å². The minimum Gasteiger partial charge on any atom is -0.357 e. The first-order valence-corrected chi connectivity index (χ1v) is 9.72. The highest BCUT2D eigenvalue weighted by atomic mass is 16.5. The van der Waals surface area contributed by atoms with Crippen molar-refractivity contribution in [3.63, 3.8) is 0 Å². The van der Waals surface area contributed by atoms with Crippen LogP contribution in [0.2, 0.25) is 0 Å². The van der Waals surface area contributed by atoms with Crippen LogP contribution in [0.3, 0.4) is 0 Å². The van der Waals surface area contributed by atoms with E-state index in [4.69, 9.17) is 4.52 Å². The quantitative estimate of drug-likeness (QED) is 0.553. The largest absolute Gasteiger partial charge is 0.357 e. The molecule has 1 aliphatic heterocycles. The molecule has 1 aromatic heterocycles. The molecule has 0 aromatic carbocycles. The Morgan fingerprint density at radius 1 is 1.32 bits per heavy atom. The molecule has 0 spiro atoms. The van der Waals surface area contributed by atoms with Crippen LogP contribution >= 0.6 is 0 Å². The average Bonchev–Trinajstić information content (AvgIpc) is 3.06. The summed E-state index contributed by atoms with van der Waals surface area (Å²) in [7, 11) is 0. The Labute approximate surface area is 151 Å². The molecule has 1 saturated heterocycles. The van der Waals surface area contributed by atoms with Gasteiger partial charge in [-0.3, -0.25) is 4.99 Å². The zero-order valence-electron chi connectivity index (χ0n) is 16.2. The summed E-state index contributed by atoms with van der Waals surface area (Å²) in [5, 5.41) is 10.9. The lowest BCUT2D eigenvalue weighted by atomic mass is 10.1. The van der Waals surface area contributed by atoms with E-state index in [9.17, 15) is 0 Å². The fraction of sp³-hybridized carbons (Fsp3) is 0.833. The second kappa shape index (κ2) is 10.4. The van der Waals surface area contributed by atoms with Crippen LogP contribution in [-0.4, -0.2) is 59.8 Å². The van der Waals surface area contributed by atoms with E-state index in [0.717, 1.165) is 18.3 Å². The van der Waals surface area contributed by atoms with Crippen LogP contribution in [0.25, 0.3) is 0 Å². The Bertz CT molecular complexity index is 519. The Balaban J connectivity index is 1.79. The number of likely N-dealkylation sites (tertiary alicyclic amines) is 1. The van der Waals surface area contributed by atoms with Gasteiger partial charge in [-0.15, -0.1) is 0 Å². The van der Waals surface area contributed by atoms with E-state index < -0.39 is 0 Å². The topological polar surface area (TPSA) is 78.6 Å². The zero-order valence-corrected chi connectivity index (χ0v) is 16.2. The van der Waals surface area contributed by atoms with E-state index in [-0.39, 0.29) is 0 Å². The van der Waals surface area contributed by atoms with Crippen molar-refractivity contribution < 1.29 is 4.52 Å². The lowest BCUT2D eigenvalue weighted by molar-refractivity contribution is 0.206. The first-order valence-electron chi connectivity index (χ1n) is 9.72. The van der Waals surface area contributed by atoms with E-state index in [1.807, 2.05) is 0 Å². The molecule has 1 aliphatic rings. The molecular formula is C18H34N6O. The molecule has 2 rings (SSSR count). The molecule has 7 nitrogen and oxygen atoms in total. The summed E-state index contributed by atoms with van der Waals surface area (Å²) in [5.41, 5.74) is 0. The molecule has 142 valence electrons. The lowest BCUT2D eigenvalue weighted by Gasteiger charge is -2.32. The van der Waals surface area contributed by atoms with Crippen molar-refractivity contribution >= 4 is 5.96 Å². The Hall–Kier alpha value is -1.63. The standard InChI is InChI=1S/C18H34N6O/c1-5-11-24-12-8-15(9-13-24)21-18(19-6-2)20-10-7-16-22-17(14(3)4)23-25-16/h14-15H,5-13H2,1-4H3,(H2,19,20,21). The molecule has 2 heterocycles. The molecule has 7 heteroatoms. The third-order valence-electron chi connectivity index (χ3n) is 4.41. The van der Waals surface area contributed by atoms with E-state index in [1.165, 1.54) is 38.9 Å².